The second-order valence-corrected chi connectivity index (χ2v) is 4.02. The molecule has 0 fully saturated rings. The van der Waals surface area contributed by atoms with Gasteiger partial charge >= 0.3 is 0 Å². The third-order valence-corrected chi connectivity index (χ3v) is 2.40. The van der Waals surface area contributed by atoms with Gasteiger partial charge in [-0.25, -0.2) is 4.98 Å². The van der Waals surface area contributed by atoms with Gasteiger partial charge in [0.05, 0.1) is 6.61 Å². The van der Waals surface area contributed by atoms with E-state index in [1.54, 1.807) is 13.3 Å². The zero-order chi connectivity index (χ0) is 13.2. The van der Waals surface area contributed by atoms with Crippen molar-refractivity contribution in [2.45, 2.75) is 19.4 Å². The highest BCUT2D eigenvalue weighted by Gasteiger charge is 2.02. The Morgan fingerprint density at radius 2 is 2.11 bits per heavy atom. The number of aromatic nitrogens is 1. The van der Waals surface area contributed by atoms with Crippen molar-refractivity contribution in [2.75, 3.05) is 33.5 Å². The molecule has 0 aliphatic rings. The maximum absolute atomic E-state index is 5.79. The molecule has 18 heavy (non-hydrogen) atoms. The van der Waals surface area contributed by atoms with Crippen molar-refractivity contribution in [2.24, 2.45) is 5.73 Å². The summed E-state index contributed by atoms with van der Waals surface area (Å²) in [5.41, 5.74) is 6.80. The lowest BCUT2D eigenvalue weighted by atomic mass is 10.1. The van der Waals surface area contributed by atoms with Gasteiger partial charge in [-0.15, -0.1) is 0 Å². The molecule has 5 nitrogen and oxygen atoms in total. The van der Waals surface area contributed by atoms with Crippen LogP contribution in [0.15, 0.2) is 18.3 Å². The fourth-order valence-electron chi connectivity index (χ4n) is 1.40. The Morgan fingerprint density at radius 1 is 1.28 bits per heavy atom. The van der Waals surface area contributed by atoms with E-state index in [0.717, 1.165) is 18.6 Å². The summed E-state index contributed by atoms with van der Waals surface area (Å²) in [5.74, 6) is 0.588. The molecule has 5 heteroatoms. The smallest absolute Gasteiger partial charge is 0.213 e. The maximum Gasteiger partial charge on any atom is 0.213 e. The highest BCUT2D eigenvalue weighted by molar-refractivity contribution is 5.22. The summed E-state index contributed by atoms with van der Waals surface area (Å²) in [5, 5.41) is 0. The first-order valence-corrected chi connectivity index (χ1v) is 6.15. The Bertz CT molecular complexity index is 332. The van der Waals surface area contributed by atoms with E-state index < -0.39 is 0 Å². The van der Waals surface area contributed by atoms with Crippen LogP contribution in [0.3, 0.4) is 0 Å². The lowest BCUT2D eigenvalue weighted by molar-refractivity contribution is 0.0795. The van der Waals surface area contributed by atoms with Gasteiger partial charge < -0.3 is 19.9 Å². The largest absolute Gasteiger partial charge is 0.475 e. The molecule has 102 valence electrons. The average Bonchev–Trinajstić information content (AvgIpc) is 2.38. The molecule has 1 unspecified atom stereocenters. The quantitative estimate of drug-likeness (QED) is 0.677. The molecule has 1 heterocycles. The first kappa shape index (κ1) is 14.9. The van der Waals surface area contributed by atoms with E-state index in [4.69, 9.17) is 19.9 Å². The van der Waals surface area contributed by atoms with Crippen LogP contribution in [-0.4, -0.2) is 38.5 Å². The van der Waals surface area contributed by atoms with E-state index >= 15 is 0 Å². The van der Waals surface area contributed by atoms with Crippen LogP contribution in [0.1, 0.15) is 24.9 Å². The van der Waals surface area contributed by atoms with Gasteiger partial charge in [-0.2, -0.15) is 0 Å². The zero-order valence-electron chi connectivity index (χ0n) is 11.1. The molecular formula is C13H22N2O3. The molecule has 0 saturated carbocycles. The first-order chi connectivity index (χ1) is 8.74. The number of nitrogens with zero attached hydrogens (tertiary/aromatic N) is 1. The van der Waals surface area contributed by atoms with Gasteiger partial charge in [-0.3, -0.25) is 0 Å². The predicted molar refractivity (Wildman–Crippen MR) is 69.6 cm³/mol. The molecule has 1 aromatic heterocycles. The predicted octanol–water partition coefficient (Wildman–Crippen LogP) is 1.53. The number of ether oxygens (including phenoxy) is 3. The fraction of sp³-hybridized carbons (Fsp3) is 0.615. The zero-order valence-corrected chi connectivity index (χ0v) is 11.1. The van der Waals surface area contributed by atoms with Crippen molar-refractivity contribution in [3.8, 4) is 5.88 Å². The van der Waals surface area contributed by atoms with Crippen molar-refractivity contribution in [1.82, 2.24) is 4.98 Å². The summed E-state index contributed by atoms with van der Waals surface area (Å²) in [6, 6.07) is 3.73. The van der Waals surface area contributed by atoms with E-state index in [1.807, 2.05) is 19.1 Å². The third-order valence-electron chi connectivity index (χ3n) is 2.40. The Morgan fingerprint density at radius 3 is 2.83 bits per heavy atom. The minimum absolute atomic E-state index is 0.0133. The third kappa shape index (κ3) is 5.95. The van der Waals surface area contributed by atoms with Crippen LogP contribution in [0.4, 0.5) is 0 Å². The number of methoxy groups -OCH3 is 1. The molecule has 2 N–H and O–H groups in total. The minimum atomic E-state index is -0.0133. The topological polar surface area (TPSA) is 66.6 Å². The van der Waals surface area contributed by atoms with Crippen LogP contribution in [0.5, 0.6) is 5.88 Å². The lowest BCUT2D eigenvalue weighted by Crippen LogP contribution is -2.10. The molecule has 1 rings (SSSR count). The van der Waals surface area contributed by atoms with E-state index in [-0.39, 0.29) is 6.04 Å². The molecule has 1 aromatic rings. The van der Waals surface area contributed by atoms with Gasteiger partial charge in [0, 0.05) is 38.6 Å². The molecular weight excluding hydrogens is 232 g/mol. The number of rotatable bonds is 9. The maximum atomic E-state index is 5.79. The van der Waals surface area contributed by atoms with E-state index in [9.17, 15) is 0 Å². The standard InChI is InChI=1S/C13H22N2O3/c1-11(14)12-4-5-15-13(10-12)18-9-8-17-7-3-6-16-2/h4-5,10-11H,3,6-9,14H2,1-2H3. The Hall–Kier alpha value is -1.17. The summed E-state index contributed by atoms with van der Waals surface area (Å²) in [7, 11) is 1.68. The minimum Gasteiger partial charge on any atom is -0.475 e. The summed E-state index contributed by atoms with van der Waals surface area (Å²) < 4.78 is 15.8. The SMILES string of the molecule is COCCCOCCOc1cc(C(C)N)ccn1. The van der Waals surface area contributed by atoms with Gasteiger partial charge in [0.2, 0.25) is 5.88 Å². The number of hydrogen-bond acceptors (Lipinski definition) is 5. The lowest BCUT2D eigenvalue weighted by Gasteiger charge is -2.09. The molecule has 0 radical (unpaired) electrons. The number of hydrogen-bond donors (Lipinski definition) is 1. The van der Waals surface area contributed by atoms with E-state index in [0.29, 0.717) is 25.7 Å². The molecule has 0 bridgehead atoms. The summed E-state index contributed by atoms with van der Waals surface area (Å²) in [6.45, 7) is 4.37. The van der Waals surface area contributed by atoms with Gasteiger partial charge in [0.15, 0.2) is 0 Å². The highest BCUT2D eigenvalue weighted by Crippen LogP contribution is 2.14. The summed E-state index contributed by atoms with van der Waals surface area (Å²) in [6.07, 6.45) is 2.60. The van der Waals surface area contributed by atoms with Crippen LogP contribution in [0.2, 0.25) is 0 Å². The molecule has 0 aliphatic heterocycles. The van der Waals surface area contributed by atoms with Crippen LogP contribution in [0.25, 0.3) is 0 Å². The van der Waals surface area contributed by atoms with Crippen molar-refractivity contribution >= 4 is 0 Å². The van der Waals surface area contributed by atoms with Crippen molar-refractivity contribution in [3.05, 3.63) is 23.9 Å². The first-order valence-electron chi connectivity index (χ1n) is 6.15. The Labute approximate surface area is 108 Å². The second-order valence-electron chi connectivity index (χ2n) is 4.02. The number of nitrogens with two attached hydrogens (primary N) is 1. The van der Waals surface area contributed by atoms with E-state index in [2.05, 4.69) is 4.98 Å². The van der Waals surface area contributed by atoms with Crippen LogP contribution in [-0.2, 0) is 9.47 Å². The Balaban J connectivity index is 2.17. The van der Waals surface area contributed by atoms with Crippen molar-refractivity contribution < 1.29 is 14.2 Å². The Kier molecular flexibility index (Phi) is 7.32. The van der Waals surface area contributed by atoms with Gasteiger partial charge in [-0.05, 0) is 25.0 Å². The molecule has 0 amide bonds. The van der Waals surface area contributed by atoms with Crippen LogP contribution < -0.4 is 10.5 Å². The molecule has 0 saturated heterocycles. The monoisotopic (exact) mass is 254 g/mol. The van der Waals surface area contributed by atoms with Crippen LogP contribution >= 0.6 is 0 Å². The highest BCUT2D eigenvalue weighted by atomic mass is 16.5. The normalized spacial score (nSPS) is 12.4. The fourth-order valence-corrected chi connectivity index (χ4v) is 1.40. The van der Waals surface area contributed by atoms with Gasteiger partial charge in [-0.1, -0.05) is 0 Å². The van der Waals surface area contributed by atoms with Crippen molar-refractivity contribution in [3.63, 3.8) is 0 Å². The molecule has 0 spiro atoms. The van der Waals surface area contributed by atoms with Crippen molar-refractivity contribution in [1.29, 1.82) is 0 Å². The molecule has 1 atom stereocenters. The molecule has 0 aromatic carbocycles. The second kappa shape index (κ2) is 8.85. The number of pyridine rings is 1. The molecule has 0 aliphatic carbocycles. The van der Waals surface area contributed by atoms with Gasteiger partial charge in [0.1, 0.15) is 6.61 Å². The summed E-state index contributed by atoms with van der Waals surface area (Å²) in [4.78, 5) is 4.12. The van der Waals surface area contributed by atoms with Gasteiger partial charge in [0.25, 0.3) is 0 Å². The van der Waals surface area contributed by atoms with Crippen LogP contribution in [0, 0.1) is 0 Å². The summed E-state index contributed by atoms with van der Waals surface area (Å²) >= 11 is 0. The average molecular weight is 254 g/mol. The van der Waals surface area contributed by atoms with E-state index in [1.165, 1.54) is 0 Å².